The molecular weight excluding hydrogens is 437 g/mol. The second kappa shape index (κ2) is 7.05. The molecule has 0 spiro atoms. The van der Waals surface area contributed by atoms with E-state index < -0.39 is 61.9 Å². The molecule has 7 nitrogen and oxygen atoms in total. The first kappa shape index (κ1) is 21.3. The van der Waals surface area contributed by atoms with Gasteiger partial charge in [-0.2, -0.15) is 15.0 Å². The molecule has 0 unspecified atom stereocenters. The van der Waals surface area contributed by atoms with Crippen LogP contribution in [-0.2, 0) is 0 Å². The van der Waals surface area contributed by atoms with Gasteiger partial charge in [-0.25, -0.2) is 22.5 Å². The minimum atomic E-state index is -4.98. The van der Waals surface area contributed by atoms with Crippen LogP contribution in [0.15, 0.2) is 18.2 Å². The third-order valence-corrected chi connectivity index (χ3v) is 4.97. The van der Waals surface area contributed by atoms with Crippen molar-refractivity contribution in [3.63, 3.8) is 0 Å². The summed E-state index contributed by atoms with van der Waals surface area (Å²) in [6.45, 7) is 0. The topological polar surface area (TPSA) is 90.0 Å². The van der Waals surface area contributed by atoms with Crippen molar-refractivity contribution in [1.29, 1.82) is 0 Å². The number of pyridine rings is 1. The molecule has 2 N–H and O–H groups in total. The van der Waals surface area contributed by atoms with Gasteiger partial charge in [-0.3, -0.25) is 0 Å². The zero-order chi connectivity index (χ0) is 22.6. The van der Waals surface area contributed by atoms with Gasteiger partial charge in [0.15, 0.2) is 5.82 Å². The normalized spacial score (nSPS) is 20.6. The van der Waals surface area contributed by atoms with Gasteiger partial charge in [0.1, 0.15) is 5.69 Å². The number of nitrogen functional groups attached to an aromatic ring is 1. The third-order valence-electron chi connectivity index (χ3n) is 4.97. The van der Waals surface area contributed by atoms with Crippen LogP contribution in [0.4, 0.5) is 42.6 Å². The van der Waals surface area contributed by atoms with E-state index in [1.807, 2.05) is 0 Å². The fourth-order valence-electron chi connectivity index (χ4n) is 3.60. The Morgan fingerprint density at radius 1 is 0.903 bits per heavy atom. The molecule has 0 aliphatic heterocycles. The predicted molar refractivity (Wildman–Crippen MR) is 92.6 cm³/mol. The van der Waals surface area contributed by atoms with Crippen LogP contribution in [0.1, 0.15) is 25.7 Å². The zero-order valence-electron chi connectivity index (χ0n) is 15.6. The molecule has 2 fully saturated rings. The average molecular weight is 452 g/mol. The highest BCUT2D eigenvalue weighted by atomic mass is 19.4. The highest BCUT2D eigenvalue weighted by molar-refractivity contribution is 5.55. The van der Waals surface area contributed by atoms with Gasteiger partial charge in [0, 0.05) is 43.8 Å². The molecule has 2 aliphatic carbocycles. The Hall–Kier alpha value is -2.93. The lowest BCUT2D eigenvalue weighted by atomic mass is 9.80. The monoisotopic (exact) mass is 452 g/mol. The number of anilines is 2. The SMILES string of the molecule is Nc1nc(-c2cccc(OC(F)(F)F)n2)nc(N(C2CC(F)(F)C2)C2CC(F)(F)C2)n1. The lowest BCUT2D eigenvalue weighted by Gasteiger charge is -2.50. The van der Waals surface area contributed by atoms with Gasteiger partial charge in [-0.15, -0.1) is 13.2 Å². The molecule has 2 aliphatic rings. The van der Waals surface area contributed by atoms with Gasteiger partial charge >= 0.3 is 6.36 Å². The number of hydrogen-bond acceptors (Lipinski definition) is 7. The van der Waals surface area contributed by atoms with Crippen LogP contribution in [-0.4, -0.2) is 50.2 Å². The number of nitrogens with zero attached hydrogens (tertiary/aromatic N) is 5. The molecule has 31 heavy (non-hydrogen) atoms. The van der Waals surface area contributed by atoms with E-state index in [-0.39, 0.29) is 23.4 Å². The van der Waals surface area contributed by atoms with Gasteiger partial charge in [-0.05, 0) is 6.07 Å². The van der Waals surface area contributed by atoms with Gasteiger partial charge in [0.25, 0.3) is 11.8 Å². The maximum atomic E-state index is 13.4. The second-order valence-corrected chi connectivity index (χ2v) is 7.47. The smallest absolute Gasteiger partial charge is 0.388 e. The van der Waals surface area contributed by atoms with Crippen LogP contribution in [0.2, 0.25) is 0 Å². The van der Waals surface area contributed by atoms with Crippen molar-refractivity contribution in [2.75, 3.05) is 10.6 Å². The molecule has 0 aromatic carbocycles. The van der Waals surface area contributed by atoms with Crippen molar-refractivity contribution in [1.82, 2.24) is 19.9 Å². The molecule has 0 bridgehead atoms. The Morgan fingerprint density at radius 2 is 1.48 bits per heavy atom. The summed E-state index contributed by atoms with van der Waals surface area (Å²) in [5.74, 6) is -7.47. The highest BCUT2D eigenvalue weighted by Crippen LogP contribution is 2.48. The van der Waals surface area contributed by atoms with E-state index in [1.165, 1.54) is 17.0 Å². The van der Waals surface area contributed by atoms with Crippen LogP contribution in [0.5, 0.6) is 5.88 Å². The van der Waals surface area contributed by atoms with Crippen molar-refractivity contribution in [3.05, 3.63) is 18.2 Å². The Balaban J connectivity index is 1.66. The summed E-state index contributed by atoms with van der Waals surface area (Å²) in [6, 6.07) is 1.86. The molecule has 2 heterocycles. The summed E-state index contributed by atoms with van der Waals surface area (Å²) in [5, 5.41) is 0. The van der Waals surface area contributed by atoms with Gasteiger partial charge < -0.3 is 15.4 Å². The minimum Gasteiger partial charge on any atom is -0.388 e. The van der Waals surface area contributed by atoms with E-state index in [1.54, 1.807) is 0 Å². The van der Waals surface area contributed by atoms with E-state index in [0.717, 1.165) is 6.07 Å². The predicted octanol–water partition coefficient (Wildman–Crippen LogP) is 3.82. The number of alkyl halides is 7. The molecule has 2 aromatic rings. The van der Waals surface area contributed by atoms with Crippen LogP contribution in [0.3, 0.4) is 0 Å². The van der Waals surface area contributed by atoms with Crippen LogP contribution in [0.25, 0.3) is 11.5 Å². The Kier molecular flexibility index (Phi) is 4.85. The third kappa shape index (κ3) is 4.71. The summed E-state index contributed by atoms with van der Waals surface area (Å²) in [5.41, 5.74) is 5.52. The molecule has 168 valence electrons. The summed E-state index contributed by atoms with van der Waals surface area (Å²) in [7, 11) is 0. The zero-order valence-corrected chi connectivity index (χ0v) is 15.6. The summed E-state index contributed by atoms with van der Waals surface area (Å²) >= 11 is 0. The van der Waals surface area contributed by atoms with Gasteiger partial charge in [0.2, 0.25) is 17.8 Å². The van der Waals surface area contributed by atoms with Crippen LogP contribution >= 0.6 is 0 Å². The average Bonchev–Trinajstić information content (AvgIpc) is 2.57. The molecule has 0 saturated heterocycles. The number of rotatable bonds is 5. The van der Waals surface area contributed by atoms with Crippen LogP contribution in [0, 0.1) is 0 Å². The standard InChI is InChI=1S/C17H15F7N6O/c18-15(19)4-8(5-15)30(9-6-16(20,21)7-9)14-28-12(27-13(25)29-14)10-2-1-3-11(26-10)31-17(22,23)24/h1-3,8-9H,4-7H2,(H2,25,27,28,29). The van der Waals surface area contributed by atoms with E-state index in [9.17, 15) is 30.7 Å². The van der Waals surface area contributed by atoms with E-state index in [4.69, 9.17) is 5.73 Å². The second-order valence-electron chi connectivity index (χ2n) is 7.47. The maximum absolute atomic E-state index is 13.4. The molecule has 4 rings (SSSR count). The largest absolute Gasteiger partial charge is 0.574 e. The van der Waals surface area contributed by atoms with E-state index >= 15 is 0 Å². The molecule has 0 atom stereocenters. The maximum Gasteiger partial charge on any atom is 0.574 e. The molecule has 14 heteroatoms. The number of nitrogens with two attached hydrogens (primary N) is 1. The minimum absolute atomic E-state index is 0.157. The first-order valence-electron chi connectivity index (χ1n) is 9.09. The Bertz CT molecular complexity index is 946. The molecule has 0 radical (unpaired) electrons. The lowest BCUT2D eigenvalue weighted by molar-refractivity contribution is -0.276. The first-order valence-corrected chi connectivity index (χ1v) is 9.09. The Labute approximate surface area is 170 Å². The molecule has 0 amide bonds. The van der Waals surface area contributed by atoms with Crippen molar-refractivity contribution in [2.24, 2.45) is 0 Å². The fraction of sp³-hybridized carbons (Fsp3) is 0.529. The van der Waals surface area contributed by atoms with E-state index in [0.29, 0.717) is 0 Å². The van der Waals surface area contributed by atoms with Gasteiger partial charge in [0.05, 0.1) is 0 Å². The molecular formula is C17H15F7N6O. The van der Waals surface area contributed by atoms with E-state index in [2.05, 4.69) is 24.7 Å². The summed E-state index contributed by atoms with van der Waals surface area (Å²) in [6.07, 6.45) is -7.24. The van der Waals surface area contributed by atoms with Crippen molar-refractivity contribution >= 4 is 11.9 Å². The number of aromatic nitrogens is 4. The van der Waals surface area contributed by atoms with Crippen molar-refractivity contribution < 1.29 is 35.5 Å². The molecule has 2 aromatic heterocycles. The number of ether oxygens (including phenoxy) is 1. The quantitative estimate of drug-likeness (QED) is 0.690. The lowest BCUT2D eigenvalue weighted by Crippen LogP contribution is -2.60. The first-order chi connectivity index (χ1) is 14.3. The molecule has 2 saturated carbocycles. The highest BCUT2D eigenvalue weighted by Gasteiger charge is 2.55. The van der Waals surface area contributed by atoms with Crippen LogP contribution < -0.4 is 15.4 Å². The summed E-state index contributed by atoms with van der Waals surface area (Å²) < 4.78 is 94.9. The fourth-order valence-corrected chi connectivity index (χ4v) is 3.60. The number of halogens is 7. The van der Waals surface area contributed by atoms with Gasteiger partial charge in [-0.1, -0.05) is 6.07 Å². The van der Waals surface area contributed by atoms with Crippen molar-refractivity contribution in [2.45, 2.75) is 56.0 Å². The van der Waals surface area contributed by atoms with Crippen molar-refractivity contribution in [3.8, 4) is 17.4 Å². The Morgan fingerprint density at radius 3 is 2.00 bits per heavy atom. The summed E-state index contributed by atoms with van der Waals surface area (Å²) in [4.78, 5) is 16.7. The number of hydrogen-bond donors (Lipinski definition) is 1.